The molecule has 29 heavy (non-hydrogen) atoms. The largest absolute Gasteiger partial charge is 0.497 e. The number of hydrogen-bond donors (Lipinski definition) is 2. The van der Waals surface area contributed by atoms with Gasteiger partial charge in [-0.1, -0.05) is 17.7 Å². The Labute approximate surface area is 172 Å². The van der Waals surface area contributed by atoms with Crippen molar-refractivity contribution in [1.29, 1.82) is 0 Å². The number of guanidine groups is 1. The molecule has 2 aromatic rings. The van der Waals surface area contributed by atoms with Crippen LogP contribution in [-0.2, 0) is 6.54 Å². The summed E-state index contributed by atoms with van der Waals surface area (Å²) in [7, 11) is 6.95. The lowest BCUT2D eigenvalue weighted by Crippen LogP contribution is -2.42. The molecule has 0 atom stereocenters. The molecule has 2 N–H and O–H groups in total. The van der Waals surface area contributed by atoms with E-state index in [1.54, 1.807) is 21.3 Å². The number of aryl methyl sites for hydroxylation is 1. The minimum absolute atomic E-state index is 0.0817. The van der Waals surface area contributed by atoms with Crippen LogP contribution in [0.1, 0.15) is 21.5 Å². The maximum atomic E-state index is 12.2. The van der Waals surface area contributed by atoms with E-state index in [0.717, 1.165) is 28.6 Å². The topological polar surface area (TPSA) is 75.2 Å². The van der Waals surface area contributed by atoms with Crippen LogP contribution in [0.4, 0.5) is 0 Å². The van der Waals surface area contributed by atoms with Crippen LogP contribution in [0.2, 0.25) is 0 Å². The van der Waals surface area contributed by atoms with Gasteiger partial charge >= 0.3 is 0 Å². The molecule has 7 nitrogen and oxygen atoms in total. The fourth-order valence-corrected chi connectivity index (χ4v) is 2.94. The third-order valence-corrected chi connectivity index (χ3v) is 4.45. The van der Waals surface area contributed by atoms with E-state index in [9.17, 15) is 4.79 Å². The molecule has 7 heteroatoms. The first kappa shape index (κ1) is 22.1. The summed E-state index contributed by atoms with van der Waals surface area (Å²) in [6.07, 6.45) is 0. The predicted molar refractivity (Wildman–Crippen MR) is 116 cm³/mol. The van der Waals surface area contributed by atoms with Gasteiger partial charge < -0.3 is 25.0 Å². The van der Waals surface area contributed by atoms with E-state index in [1.165, 1.54) is 0 Å². The average molecular weight is 399 g/mol. The standard InChI is InChI=1S/C22H30N4O3/c1-16-7-6-8-17(13-16)21(27)24-11-12-25-22(23-2)26(3)15-18-9-10-19(28-4)14-20(18)29-5/h6-10,13-14H,11-12,15H2,1-5H3,(H,23,25)(H,24,27). The summed E-state index contributed by atoms with van der Waals surface area (Å²) in [5.41, 5.74) is 2.75. The number of carbonyl (C=O) groups is 1. The van der Waals surface area contributed by atoms with Gasteiger partial charge in [0.05, 0.1) is 14.2 Å². The van der Waals surface area contributed by atoms with Gasteiger partial charge in [-0.2, -0.15) is 0 Å². The SMILES string of the molecule is CN=C(NCCNC(=O)c1cccc(C)c1)N(C)Cc1ccc(OC)cc1OC. The molecule has 2 aromatic carbocycles. The predicted octanol–water partition coefficient (Wildman–Crippen LogP) is 2.45. The number of nitrogens with one attached hydrogen (secondary N) is 2. The van der Waals surface area contributed by atoms with Crippen molar-refractivity contribution in [3.8, 4) is 11.5 Å². The number of rotatable bonds is 8. The molecule has 1 amide bonds. The minimum Gasteiger partial charge on any atom is -0.497 e. The molecule has 0 aromatic heterocycles. The molecule has 0 aliphatic carbocycles. The van der Waals surface area contributed by atoms with E-state index >= 15 is 0 Å². The molecule has 0 spiro atoms. The van der Waals surface area contributed by atoms with Crippen LogP contribution in [0, 0.1) is 6.92 Å². The Morgan fingerprint density at radius 1 is 1.07 bits per heavy atom. The first-order valence-corrected chi connectivity index (χ1v) is 9.46. The van der Waals surface area contributed by atoms with Crippen molar-refractivity contribution in [3.05, 3.63) is 59.2 Å². The molecular weight excluding hydrogens is 368 g/mol. The smallest absolute Gasteiger partial charge is 0.251 e. The lowest BCUT2D eigenvalue weighted by molar-refractivity contribution is 0.0954. The third kappa shape index (κ3) is 6.41. The molecule has 0 radical (unpaired) electrons. The van der Waals surface area contributed by atoms with Gasteiger partial charge in [0.25, 0.3) is 5.91 Å². The highest BCUT2D eigenvalue weighted by atomic mass is 16.5. The lowest BCUT2D eigenvalue weighted by atomic mass is 10.1. The average Bonchev–Trinajstić information content (AvgIpc) is 2.73. The zero-order chi connectivity index (χ0) is 21.2. The number of nitrogens with zero attached hydrogens (tertiary/aromatic N) is 2. The highest BCUT2D eigenvalue weighted by Gasteiger charge is 2.11. The summed E-state index contributed by atoms with van der Waals surface area (Å²) in [4.78, 5) is 18.5. The summed E-state index contributed by atoms with van der Waals surface area (Å²) in [5, 5.41) is 6.18. The number of methoxy groups -OCH3 is 2. The summed E-state index contributed by atoms with van der Waals surface area (Å²) < 4.78 is 10.7. The second-order valence-corrected chi connectivity index (χ2v) is 6.63. The zero-order valence-electron chi connectivity index (χ0n) is 17.8. The van der Waals surface area contributed by atoms with Crippen molar-refractivity contribution in [2.75, 3.05) is 41.4 Å². The molecular formula is C22H30N4O3. The second-order valence-electron chi connectivity index (χ2n) is 6.63. The number of ether oxygens (including phenoxy) is 2. The molecule has 0 unspecified atom stereocenters. The van der Waals surface area contributed by atoms with E-state index in [1.807, 2.05) is 61.3 Å². The van der Waals surface area contributed by atoms with Gasteiger partial charge in [-0.05, 0) is 31.2 Å². The van der Waals surface area contributed by atoms with Crippen LogP contribution in [0.3, 0.4) is 0 Å². The Hall–Kier alpha value is -3.22. The Balaban J connectivity index is 1.86. The maximum absolute atomic E-state index is 12.2. The molecule has 0 aliphatic heterocycles. The van der Waals surface area contributed by atoms with Crippen molar-refractivity contribution < 1.29 is 14.3 Å². The van der Waals surface area contributed by atoms with Gasteiger partial charge in [-0.15, -0.1) is 0 Å². The molecule has 0 fully saturated rings. The Morgan fingerprint density at radius 2 is 1.83 bits per heavy atom. The van der Waals surface area contributed by atoms with Crippen LogP contribution in [-0.4, -0.2) is 58.2 Å². The minimum atomic E-state index is -0.0817. The normalized spacial score (nSPS) is 11.0. The molecule has 0 bridgehead atoms. The number of hydrogen-bond acceptors (Lipinski definition) is 4. The van der Waals surface area contributed by atoms with Crippen LogP contribution >= 0.6 is 0 Å². The summed E-state index contributed by atoms with van der Waals surface area (Å²) in [6.45, 7) is 3.64. The maximum Gasteiger partial charge on any atom is 0.251 e. The first-order chi connectivity index (χ1) is 14.0. The van der Waals surface area contributed by atoms with Crippen LogP contribution < -0.4 is 20.1 Å². The van der Waals surface area contributed by atoms with Gasteiger partial charge in [-0.3, -0.25) is 9.79 Å². The van der Waals surface area contributed by atoms with E-state index < -0.39 is 0 Å². The van der Waals surface area contributed by atoms with Crippen molar-refractivity contribution >= 4 is 11.9 Å². The highest BCUT2D eigenvalue weighted by molar-refractivity contribution is 5.94. The van der Waals surface area contributed by atoms with E-state index in [2.05, 4.69) is 15.6 Å². The summed E-state index contributed by atoms with van der Waals surface area (Å²) in [5.74, 6) is 2.16. The molecule has 0 saturated carbocycles. The molecule has 2 rings (SSSR count). The van der Waals surface area contributed by atoms with Crippen LogP contribution in [0.25, 0.3) is 0 Å². The quantitative estimate of drug-likeness (QED) is 0.406. The van der Waals surface area contributed by atoms with Gasteiger partial charge in [0.2, 0.25) is 0 Å². The van der Waals surface area contributed by atoms with Crippen LogP contribution in [0.15, 0.2) is 47.5 Å². The monoisotopic (exact) mass is 398 g/mol. The van der Waals surface area contributed by atoms with Gasteiger partial charge in [0.1, 0.15) is 11.5 Å². The van der Waals surface area contributed by atoms with Gasteiger partial charge in [0, 0.05) is 50.9 Å². The number of aliphatic imine (C=N–C) groups is 1. The Bertz CT molecular complexity index is 852. The molecule has 0 saturated heterocycles. The highest BCUT2D eigenvalue weighted by Crippen LogP contribution is 2.25. The summed E-state index contributed by atoms with van der Waals surface area (Å²) in [6, 6.07) is 13.3. The van der Waals surface area contributed by atoms with Crippen molar-refractivity contribution in [2.45, 2.75) is 13.5 Å². The van der Waals surface area contributed by atoms with Crippen molar-refractivity contribution in [3.63, 3.8) is 0 Å². The molecule has 156 valence electrons. The van der Waals surface area contributed by atoms with Gasteiger partial charge in [0.15, 0.2) is 5.96 Å². The fraction of sp³-hybridized carbons (Fsp3) is 0.364. The third-order valence-electron chi connectivity index (χ3n) is 4.45. The van der Waals surface area contributed by atoms with Crippen molar-refractivity contribution in [2.24, 2.45) is 4.99 Å². The Morgan fingerprint density at radius 3 is 2.48 bits per heavy atom. The molecule has 0 aliphatic rings. The lowest BCUT2D eigenvalue weighted by Gasteiger charge is -2.23. The Kier molecular flexibility index (Phi) is 8.33. The summed E-state index contributed by atoms with van der Waals surface area (Å²) >= 11 is 0. The zero-order valence-corrected chi connectivity index (χ0v) is 17.8. The van der Waals surface area contributed by atoms with E-state index in [0.29, 0.717) is 25.2 Å². The first-order valence-electron chi connectivity index (χ1n) is 9.46. The van der Waals surface area contributed by atoms with Crippen LogP contribution in [0.5, 0.6) is 11.5 Å². The number of benzene rings is 2. The molecule has 0 heterocycles. The number of amides is 1. The fourth-order valence-electron chi connectivity index (χ4n) is 2.94. The van der Waals surface area contributed by atoms with E-state index in [-0.39, 0.29) is 5.91 Å². The second kappa shape index (κ2) is 10.9. The van der Waals surface area contributed by atoms with Gasteiger partial charge in [-0.25, -0.2) is 0 Å². The van der Waals surface area contributed by atoms with Crippen molar-refractivity contribution in [1.82, 2.24) is 15.5 Å². The number of carbonyl (C=O) groups excluding carboxylic acids is 1. The van der Waals surface area contributed by atoms with E-state index in [4.69, 9.17) is 9.47 Å².